The van der Waals surface area contributed by atoms with Gasteiger partial charge in [0, 0.05) is 10.2 Å². The van der Waals surface area contributed by atoms with Crippen molar-refractivity contribution in [2.24, 2.45) is 0 Å². The molecular formula is C26H22BrN3O5. The Morgan fingerprint density at radius 3 is 2.34 bits per heavy atom. The summed E-state index contributed by atoms with van der Waals surface area (Å²) < 4.78 is 12.0. The Morgan fingerprint density at radius 1 is 1.00 bits per heavy atom. The molecule has 9 heteroatoms. The summed E-state index contributed by atoms with van der Waals surface area (Å²) in [5.41, 5.74) is 4.32. The highest BCUT2D eigenvalue weighted by Gasteiger charge is 2.34. The summed E-state index contributed by atoms with van der Waals surface area (Å²) >= 11 is 3.46. The number of rotatable bonds is 8. The van der Waals surface area contributed by atoms with Crippen LogP contribution in [0.5, 0.6) is 11.5 Å². The summed E-state index contributed by atoms with van der Waals surface area (Å²) in [7, 11) is 0. The summed E-state index contributed by atoms with van der Waals surface area (Å²) in [4.78, 5) is 37.7. The number of nitrogens with zero attached hydrogens (tertiary/aromatic N) is 1. The van der Waals surface area contributed by atoms with Crippen molar-refractivity contribution in [3.05, 3.63) is 88.4 Å². The predicted octanol–water partition coefficient (Wildman–Crippen LogP) is 4.33. The van der Waals surface area contributed by atoms with Crippen LogP contribution in [0.3, 0.4) is 0 Å². The highest BCUT2D eigenvalue weighted by Crippen LogP contribution is 2.35. The van der Waals surface area contributed by atoms with Crippen LogP contribution in [0.25, 0.3) is 6.08 Å². The minimum Gasteiger partial charge on any atom is -0.490 e. The van der Waals surface area contributed by atoms with E-state index in [0.717, 1.165) is 0 Å². The molecule has 3 amide bonds. The predicted molar refractivity (Wildman–Crippen MR) is 136 cm³/mol. The molecular weight excluding hydrogens is 514 g/mol. The van der Waals surface area contributed by atoms with Gasteiger partial charge in [-0.05, 0) is 55.0 Å². The minimum atomic E-state index is -0.512. The van der Waals surface area contributed by atoms with Gasteiger partial charge in [0.15, 0.2) is 18.1 Å². The highest BCUT2D eigenvalue weighted by atomic mass is 79.9. The van der Waals surface area contributed by atoms with Gasteiger partial charge in [0.05, 0.1) is 12.3 Å². The van der Waals surface area contributed by atoms with Gasteiger partial charge in [-0.1, -0.05) is 52.3 Å². The molecule has 0 aliphatic carbocycles. The van der Waals surface area contributed by atoms with E-state index < -0.39 is 11.8 Å². The van der Waals surface area contributed by atoms with Gasteiger partial charge in [0.25, 0.3) is 17.7 Å². The van der Waals surface area contributed by atoms with Crippen molar-refractivity contribution in [2.45, 2.75) is 6.92 Å². The molecule has 3 aromatic carbocycles. The molecule has 1 fully saturated rings. The van der Waals surface area contributed by atoms with Crippen molar-refractivity contribution in [3.8, 4) is 11.5 Å². The lowest BCUT2D eigenvalue weighted by Gasteiger charge is -2.14. The number of anilines is 2. The smallest absolute Gasteiger partial charge is 0.282 e. The number of carbonyl (C=O) groups excluding carboxylic acids is 3. The van der Waals surface area contributed by atoms with Gasteiger partial charge in [-0.15, -0.1) is 0 Å². The lowest BCUT2D eigenvalue weighted by atomic mass is 10.1. The number of benzene rings is 3. The van der Waals surface area contributed by atoms with E-state index in [1.54, 1.807) is 48.5 Å². The molecule has 1 heterocycles. The van der Waals surface area contributed by atoms with Crippen molar-refractivity contribution in [1.29, 1.82) is 0 Å². The molecule has 178 valence electrons. The Hall–Kier alpha value is -4.11. The fourth-order valence-electron chi connectivity index (χ4n) is 3.38. The summed E-state index contributed by atoms with van der Waals surface area (Å²) in [6.07, 6.45) is 1.49. The zero-order valence-electron chi connectivity index (χ0n) is 18.8. The van der Waals surface area contributed by atoms with E-state index in [1.807, 2.05) is 31.2 Å². The van der Waals surface area contributed by atoms with E-state index in [4.69, 9.17) is 9.47 Å². The van der Waals surface area contributed by atoms with Crippen LogP contribution >= 0.6 is 15.9 Å². The van der Waals surface area contributed by atoms with Crippen molar-refractivity contribution in [2.75, 3.05) is 23.5 Å². The molecule has 1 aliphatic rings. The Kier molecular flexibility index (Phi) is 7.47. The van der Waals surface area contributed by atoms with Crippen molar-refractivity contribution in [3.63, 3.8) is 0 Å². The molecule has 3 aromatic rings. The number of para-hydroxylation sites is 2. The fourth-order valence-corrected chi connectivity index (χ4v) is 3.81. The summed E-state index contributed by atoms with van der Waals surface area (Å²) in [6, 6.07) is 21.2. The number of amides is 3. The topological polar surface area (TPSA) is 97.0 Å². The van der Waals surface area contributed by atoms with Crippen LogP contribution in [0.4, 0.5) is 11.4 Å². The first-order valence-electron chi connectivity index (χ1n) is 10.8. The molecule has 1 aliphatic heterocycles. The molecule has 0 spiro atoms. The Labute approximate surface area is 210 Å². The molecule has 0 atom stereocenters. The Balaban J connectivity index is 1.54. The third-order valence-corrected chi connectivity index (χ3v) is 5.67. The van der Waals surface area contributed by atoms with Crippen LogP contribution in [-0.2, 0) is 14.4 Å². The summed E-state index contributed by atoms with van der Waals surface area (Å²) in [6.45, 7) is 1.94. The van der Waals surface area contributed by atoms with Gasteiger partial charge in [-0.25, -0.2) is 5.01 Å². The average Bonchev–Trinajstić information content (AvgIpc) is 3.14. The lowest BCUT2D eigenvalue weighted by Crippen LogP contribution is -2.35. The van der Waals surface area contributed by atoms with Crippen molar-refractivity contribution in [1.82, 2.24) is 5.43 Å². The van der Waals surface area contributed by atoms with Gasteiger partial charge >= 0.3 is 0 Å². The van der Waals surface area contributed by atoms with Crippen LogP contribution in [0.1, 0.15) is 12.5 Å². The second-order valence-electron chi connectivity index (χ2n) is 7.43. The van der Waals surface area contributed by atoms with Gasteiger partial charge in [0.1, 0.15) is 5.57 Å². The molecule has 0 saturated carbocycles. The van der Waals surface area contributed by atoms with Crippen LogP contribution in [0, 0.1) is 0 Å². The van der Waals surface area contributed by atoms with Gasteiger partial charge in [0.2, 0.25) is 0 Å². The minimum absolute atomic E-state index is 0.0205. The molecule has 1 saturated heterocycles. The number of ether oxygens (including phenoxy) is 2. The molecule has 0 bridgehead atoms. The first-order valence-corrected chi connectivity index (χ1v) is 11.6. The quantitative estimate of drug-likeness (QED) is 0.330. The second-order valence-corrected chi connectivity index (χ2v) is 8.29. The average molecular weight is 536 g/mol. The van der Waals surface area contributed by atoms with Crippen LogP contribution in [0.2, 0.25) is 0 Å². The maximum absolute atomic E-state index is 12.9. The zero-order chi connectivity index (χ0) is 24.8. The Bertz CT molecular complexity index is 1280. The van der Waals surface area contributed by atoms with E-state index in [0.29, 0.717) is 39.5 Å². The number of hydrogen-bond acceptors (Lipinski definition) is 5. The number of nitrogens with one attached hydrogen (secondary N) is 2. The van der Waals surface area contributed by atoms with Crippen molar-refractivity contribution >= 4 is 51.1 Å². The SMILES string of the molecule is CCOc1cc(/C=C2/C(=O)NN(c3ccccc3)C2=O)c(Br)cc1OCC(=O)Nc1ccccc1. The number of halogens is 1. The number of hydrazine groups is 1. The summed E-state index contributed by atoms with van der Waals surface area (Å²) in [5.74, 6) is -0.584. The second kappa shape index (κ2) is 10.9. The van der Waals surface area contributed by atoms with E-state index >= 15 is 0 Å². The third-order valence-electron chi connectivity index (χ3n) is 4.98. The van der Waals surface area contributed by atoms with Gasteiger partial charge in [-0.3, -0.25) is 19.8 Å². The first-order chi connectivity index (χ1) is 17.0. The molecule has 2 N–H and O–H groups in total. The molecule has 0 radical (unpaired) electrons. The van der Waals surface area contributed by atoms with E-state index in [9.17, 15) is 14.4 Å². The number of carbonyl (C=O) groups is 3. The van der Waals surface area contributed by atoms with Crippen LogP contribution in [-0.4, -0.2) is 30.9 Å². The van der Waals surface area contributed by atoms with Crippen molar-refractivity contribution < 1.29 is 23.9 Å². The standard InChI is InChI=1S/C26H22BrN3O5/c1-2-34-22-14-17(13-20-25(32)29-30(26(20)33)19-11-7-4-8-12-19)21(27)15-23(22)35-16-24(31)28-18-9-5-3-6-10-18/h3-15H,2,16H2,1H3,(H,28,31)(H,29,32)/b20-13-. The third kappa shape index (κ3) is 5.70. The molecule has 0 unspecified atom stereocenters. The first kappa shape index (κ1) is 24.0. The molecule has 35 heavy (non-hydrogen) atoms. The van der Waals surface area contributed by atoms with E-state index in [2.05, 4.69) is 26.7 Å². The molecule has 8 nitrogen and oxygen atoms in total. The molecule has 0 aromatic heterocycles. The maximum Gasteiger partial charge on any atom is 0.282 e. The zero-order valence-corrected chi connectivity index (χ0v) is 20.4. The van der Waals surface area contributed by atoms with Crippen LogP contribution in [0.15, 0.2) is 82.8 Å². The molecule has 4 rings (SSSR count). The normalized spacial score (nSPS) is 14.1. The number of hydrogen-bond donors (Lipinski definition) is 2. The monoisotopic (exact) mass is 535 g/mol. The highest BCUT2D eigenvalue weighted by molar-refractivity contribution is 9.10. The van der Waals surface area contributed by atoms with Crippen LogP contribution < -0.4 is 25.2 Å². The van der Waals surface area contributed by atoms with E-state index in [-0.39, 0.29) is 18.1 Å². The summed E-state index contributed by atoms with van der Waals surface area (Å²) in [5, 5.41) is 3.96. The Morgan fingerprint density at radius 2 is 1.66 bits per heavy atom. The van der Waals surface area contributed by atoms with Gasteiger partial charge < -0.3 is 14.8 Å². The largest absolute Gasteiger partial charge is 0.490 e. The van der Waals surface area contributed by atoms with Gasteiger partial charge in [-0.2, -0.15) is 0 Å². The maximum atomic E-state index is 12.9. The lowest BCUT2D eigenvalue weighted by molar-refractivity contribution is -0.118. The van der Waals surface area contributed by atoms with E-state index in [1.165, 1.54) is 11.1 Å². The fraction of sp³-hybridized carbons (Fsp3) is 0.115.